The highest BCUT2D eigenvalue weighted by atomic mass is 35.5. The van der Waals surface area contributed by atoms with Crippen molar-refractivity contribution in [2.24, 2.45) is 0 Å². The van der Waals surface area contributed by atoms with Gasteiger partial charge in [0.15, 0.2) is 0 Å². The maximum Gasteiger partial charge on any atom is 0.251 e. The van der Waals surface area contributed by atoms with Gasteiger partial charge in [-0.1, -0.05) is 23.7 Å². The van der Waals surface area contributed by atoms with E-state index in [1.54, 1.807) is 0 Å². The number of halogens is 1. The van der Waals surface area contributed by atoms with Gasteiger partial charge in [-0.3, -0.25) is 4.79 Å². The van der Waals surface area contributed by atoms with E-state index >= 15 is 0 Å². The number of imidazole rings is 1. The molecule has 0 saturated carbocycles. The van der Waals surface area contributed by atoms with Crippen molar-refractivity contribution in [3.05, 3.63) is 58.9 Å². The van der Waals surface area contributed by atoms with Gasteiger partial charge in [0, 0.05) is 18.7 Å². The molecule has 0 spiro atoms. The Morgan fingerprint density at radius 1 is 1.21 bits per heavy atom. The Bertz CT molecular complexity index is 1140. The van der Waals surface area contributed by atoms with E-state index in [9.17, 15) is 13.2 Å². The lowest BCUT2D eigenvalue weighted by atomic mass is 10.2. The van der Waals surface area contributed by atoms with Crippen LogP contribution in [0, 0.1) is 0 Å². The second kappa shape index (κ2) is 7.78. The van der Waals surface area contributed by atoms with Crippen LogP contribution in [0.25, 0.3) is 11.0 Å². The number of nitrogens with one attached hydrogen (secondary N) is 2. The van der Waals surface area contributed by atoms with Crippen LogP contribution in [0.3, 0.4) is 0 Å². The average molecular weight is 433 g/mol. The molecule has 1 amide bonds. The topological polar surface area (TPSA) is 95.2 Å². The lowest BCUT2D eigenvalue weighted by Gasteiger charge is -2.17. The number of aromatic amines is 1. The van der Waals surface area contributed by atoms with Gasteiger partial charge in [0.1, 0.15) is 10.7 Å². The molecule has 2 aromatic carbocycles. The lowest BCUT2D eigenvalue weighted by Crippen LogP contribution is -2.29. The highest BCUT2D eigenvalue weighted by Gasteiger charge is 2.30. The average Bonchev–Trinajstić information content (AvgIpc) is 3.38. The van der Waals surface area contributed by atoms with Crippen molar-refractivity contribution >= 4 is 38.6 Å². The van der Waals surface area contributed by atoms with E-state index in [-0.39, 0.29) is 21.5 Å². The lowest BCUT2D eigenvalue weighted by molar-refractivity contribution is 0.0938. The molecule has 0 aliphatic carbocycles. The van der Waals surface area contributed by atoms with Crippen LogP contribution in [0.1, 0.15) is 42.0 Å². The fourth-order valence-corrected chi connectivity index (χ4v) is 5.45. The number of para-hydroxylation sites is 2. The Hall–Kier alpha value is -2.42. The van der Waals surface area contributed by atoms with Crippen LogP contribution in [0.15, 0.2) is 47.4 Å². The van der Waals surface area contributed by atoms with Crippen LogP contribution in [0.2, 0.25) is 5.02 Å². The smallest absolute Gasteiger partial charge is 0.251 e. The molecule has 7 nitrogen and oxygen atoms in total. The molecule has 3 aromatic rings. The van der Waals surface area contributed by atoms with Crippen LogP contribution in [0.5, 0.6) is 0 Å². The summed E-state index contributed by atoms with van der Waals surface area (Å²) >= 11 is 6.16. The molecule has 0 unspecified atom stereocenters. The van der Waals surface area contributed by atoms with Gasteiger partial charge in [-0.15, -0.1) is 0 Å². The number of fused-ring (bicyclic) bond motifs is 1. The summed E-state index contributed by atoms with van der Waals surface area (Å²) in [6.07, 6.45) is 1.65. The summed E-state index contributed by atoms with van der Waals surface area (Å²) in [6, 6.07) is 11.5. The number of amides is 1. The zero-order valence-electron chi connectivity index (χ0n) is 15.9. The Morgan fingerprint density at radius 3 is 2.66 bits per heavy atom. The number of hydrogen-bond acceptors (Lipinski definition) is 4. The summed E-state index contributed by atoms with van der Waals surface area (Å²) in [4.78, 5) is 20.4. The van der Waals surface area contributed by atoms with Gasteiger partial charge >= 0.3 is 0 Å². The Kier molecular flexibility index (Phi) is 5.33. The number of rotatable bonds is 5. The summed E-state index contributed by atoms with van der Waals surface area (Å²) in [7, 11) is -3.72. The molecule has 1 saturated heterocycles. The standard InChI is InChI=1S/C20H21ClN4O3S/c1-13(19-23-16-6-2-3-7-17(16)24-19)22-20(26)14-8-9-15(21)18(12-14)29(27,28)25-10-4-5-11-25/h2-3,6-9,12-13H,4-5,10-11H2,1H3,(H,22,26)(H,23,24)/t13-/m0/s1. The van der Waals surface area contributed by atoms with E-state index in [2.05, 4.69) is 15.3 Å². The van der Waals surface area contributed by atoms with Crippen molar-refractivity contribution in [3.8, 4) is 0 Å². The maximum atomic E-state index is 12.9. The first-order valence-electron chi connectivity index (χ1n) is 9.41. The SMILES string of the molecule is C[C@H](NC(=O)c1ccc(Cl)c(S(=O)(=O)N2CCCC2)c1)c1nc2ccccc2[nH]1. The van der Waals surface area contributed by atoms with Crippen LogP contribution in [-0.4, -0.2) is 41.7 Å². The second-order valence-corrected chi connectivity index (χ2v) is 9.40. The number of aromatic nitrogens is 2. The zero-order chi connectivity index (χ0) is 20.6. The van der Waals surface area contributed by atoms with Crippen molar-refractivity contribution in [2.75, 3.05) is 13.1 Å². The third kappa shape index (κ3) is 3.88. The first kappa shape index (κ1) is 19.9. The van der Waals surface area contributed by atoms with Crippen molar-refractivity contribution in [1.82, 2.24) is 19.6 Å². The molecule has 152 valence electrons. The highest BCUT2D eigenvalue weighted by molar-refractivity contribution is 7.89. The molecular weight excluding hydrogens is 412 g/mol. The Morgan fingerprint density at radius 2 is 1.93 bits per heavy atom. The fraction of sp³-hybridized carbons (Fsp3) is 0.300. The Labute approximate surface area is 174 Å². The quantitative estimate of drug-likeness (QED) is 0.645. The number of carbonyl (C=O) groups is 1. The van der Waals surface area contributed by atoms with E-state index in [0.29, 0.717) is 18.9 Å². The van der Waals surface area contributed by atoms with Gasteiger partial charge in [-0.25, -0.2) is 13.4 Å². The van der Waals surface area contributed by atoms with Gasteiger partial charge in [-0.05, 0) is 50.1 Å². The van der Waals surface area contributed by atoms with Crippen LogP contribution < -0.4 is 5.32 Å². The van der Waals surface area contributed by atoms with Crippen molar-refractivity contribution in [1.29, 1.82) is 0 Å². The number of carbonyl (C=O) groups excluding carboxylic acids is 1. The monoisotopic (exact) mass is 432 g/mol. The predicted octanol–water partition coefficient (Wildman–Crippen LogP) is 3.49. The molecule has 29 heavy (non-hydrogen) atoms. The molecule has 2 N–H and O–H groups in total. The van der Waals surface area contributed by atoms with Gasteiger partial charge in [0.2, 0.25) is 10.0 Å². The number of nitrogens with zero attached hydrogens (tertiary/aromatic N) is 2. The summed E-state index contributed by atoms with van der Waals surface area (Å²) in [5.41, 5.74) is 1.93. The summed E-state index contributed by atoms with van der Waals surface area (Å²) < 4.78 is 27.1. The third-order valence-electron chi connectivity index (χ3n) is 5.04. The molecular formula is C20H21ClN4O3S. The molecule has 4 rings (SSSR count). The van der Waals surface area contributed by atoms with Gasteiger partial charge in [0.25, 0.3) is 5.91 Å². The molecule has 9 heteroatoms. The van der Waals surface area contributed by atoms with Crippen LogP contribution in [-0.2, 0) is 10.0 Å². The minimum absolute atomic E-state index is 0.0369. The number of hydrogen-bond donors (Lipinski definition) is 2. The third-order valence-corrected chi connectivity index (χ3v) is 7.42. The van der Waals surface area contributed by atoms with E-state index in [4.69, 9.17) is 11.6 Å². The molecule has 1 aliphatic heterocycles. The van der Waals surface area contributed by atoms with E-state index < -0.39 is 15.9 Å². The number of H-pyrrole nitrogens is 1. The molecule has 0 bridgehead atoms. The largest absolute Gasteiger partial charge is 0.342 e. The normalized spacial score (nSPS) is 16.2. The first-order chi connectivity index (χ1) is 13.9. The molecule has 1 atom stereocenters. The van der Waals surface area contributed by atoms with Crippen molar-refractivity contribution in [2.45, 2.75) is 30.7 Å². The second-order valence-electron chi connectivity index (χ2n) is 7.09. The van der Waals surface area contributed by atoms with Crippen LogP contribution in [0.4, 0.5) is 0 Å². The predicted molar refractivity (Wildman–Crippen MR) is 111 cm³/mol. The minimum atomic E-state index is -3.72. The fourth-order valence-electron chi connectivity index (χ4n) is 3.44. The van der Waals surface area contributed by atoms with Crippen LogP contribution >= 0.6 is 11.6 Å². The van der Waals surface area contributed by atoms with Crippen molar-refractivity contribution < 1.29 is 13.2 Å². The molecule has 1 aliphatic rings. The summed E-state index contributed by atoms with van der Waals surface area (Å²) in [5, 5.41) is 2.97. The van der Waals surface area contributed by atoms with Gasteiger partial charge in [0.05, 0.1) is 22.1 Å². The number of benzene rings is 2. The highest BCUT2D eigenvalue weighted by Crippen LogP contribution is 2.28. The molecule has 2 heterocycles. The maximum absolute atomic E-state index is 12.9. The molecule has 1 fully saturated rings. The van der Waals surface area contributed by atoms with E-state index in [1.165, 1.54) is 22.5 Å². The minimum Gasteiger partial charge on any atom is -0.342 e. The van der Waals surface area contributed by atoms with E-state index in [0.717, 1.165) is 23.9 Å². The van der Waals surface area contributed by atoms with Gasteiger partial charge < -0.3 is 10.3 Å². The summed E-state index contributed by atoms with van der Waals surface area (Å²) in [6.45, 7) is 2.75. The number of sulfonamides is 1. The summed E-state index contributed by atoms with van der Waals surface area (Å²) in [5.74, 6) is 0.228. The van der Waals surface area contributed by atoms with E-state index in [1.807, 2.05) is 31.2 Å². The van der Waals surface area contributed by atoms with Crippen molar-refractivity contribution in [3.63, 3.8) is 0 Å². The molecule has 1 aromatic heterocycles. The van der Waals surface area contributed by atoms with Gasteiger partial charge in [-0.2, -0.15) is 4.31 Å². The molecule has 0 radical (unpaired) electrons. The zero-order valence-corrected chi connectivity index (χ0v) is 17.4. The first-order valence-corrected chi connectivity index (χ1v) is 11.2. The Balaban J connectivity index is 1.57.